The molecule has 0 N–H and O–H groups in total. The second-order valence-corrected chi connectivity index (χ2v) is 5.47. The van der Waals surface area contributed by atoms with Crippen molar-refractivity contribution in [2.75, 3.05) is 44.4 Å². The minimum absolute atomic E-state index is 0.495. The molecule has 0 bridgehead atoms. The van der Waals surface area contributed by atoms with Gasteiger partial charge in [0.2, 0.25) is 0 Å². The molecule has 0 spiro atoms. The van der Waals surface area contributed by atoms with E-state index < -0.39 is 0 Å². The number of hydrogen-bond donors (Lipinski definition) is 0. The molecule has 0 atom stereocenters. The molecule has 0 saturated carbocycles. The number of anilines is 1. The van der Waals surface area contributed by atoms with E-state index >= 15 is 0 Å². The van der Waals surface area contributed by atoms with Crippen LogP contribution in [0.3, 0.4) is 0 Å². The molecule has 3 nitrogen and oxygen atoms in total. The quantitative estimate of drug-likeness (QED) is 0.461. The predicted octanol–water partition coefficient (Wildman–Crippen LogP) is 4.07. The van der Waals surface area contributed by atoms with Gasteiger partial charge in [-0.2, -0.15) is 0 Å². The van der Waals surface area contributed by atoms with Gasteiger partial charge >= 0.3 is 0 Å². The van der Waals surface area contributed by atoms with Gasteiger partial charge in [-0.05, 0) is 37.6 Å². The Hall–Kier alpha value is -0.290. The van der Waals surface area contributed by atoms with Gasteiger partial charge in [0.1, 0.15) is 0 Å². The molecule has 1 rings (SSSR count). The number of halogens is 2. The van der Waals surface area contributed by atoms with Crippen molar-refractivity contribution in [2.45, 2.75) is 19.7 Å². The summed E-state index contributed by atoms with van der Waals surface area (Å²) < 4.78 is 12.0. The summed E-state index contributed by atoms with van der Waals surface area (Å²) in [6.07, 6.45) is 0. The second-order valence-electron chi connectivity index (χ2n) is 4.29. The van der Waals surface area contributed by atoms with Gasteiger partial charge in [-0.25, -0.2) is 0 Å². The SMILES string of the molecule is CCOCCN(CCOCC)c1ccc(Br)cc1CCl. The lowest BCUT2D eigenvalue weighted by molar-refractivity contribution is 0.141. The Morgan fingerprint density at radius 2 is 1.70 bits per heavy atom. The molecule has 0 fully saturated rings. The smallest absolute Gasteiger partial charge is 0.0641 e. The second kappa shape index (κ2) is 10.4. The standard InChI is InChI=1S/C15H23BrClNO2/c1-3-19-9-7-18(8-10-20-4-2)15-6-5-14(16)11-13(15)12-17/h5-6,11H,3-4,7-10,12H2,1-2H3. The van der Waals surface area contributed by atoms with E-state index in [4.69, 9.17) is 21.1 Å². The van der Waals surface area contributed by atoms with Crippen molar-refractivity contribution in [1.29, 1.82) is 0 Å². The van der Waals surface area contributed by atoms with Crippen LogP contribution in [0.15, 0.2) is 22.7 Å². The molecule has 0 unspecified atom stereocenters. The van der Waals surface area contributed by atoms with Crippen LogP contribution in [0.2, 0.25) is 0 Å². The number of rotatable bonds is 10. The highest BCUT2D eigenvalue weighted by molar-refractivity contribution is 9.10. The summed E-state index contributed by atoms with van der Waals surface area (Å²) >= 11 is 9.55. The number of ether oxygens (including phenoxy) is 2. The first-order valence-corrected chi connectivity index (χ1v) is 8.30. The summed E-state index contributed by atoms with van der Waals surface area (Å²) in [5.41, 5.74) is 2.27. The zero-order valence-electron chi connectivity index (χ0n) is 12.2. The lowest BCUT2D eigenvalue weighted by atomic mass is 10.2. The maximum atomic E-state index is 6.06. The fourth-order valence-corrected chi connectivity index (χ4v) is 2.58. The Morgan fingerprint density at radius 1 is 1.10 bits per heavy atom. The summed E-state index contributed by atoms with van der Waals surface area (Å²) in [5.74, 6) is 0.495. The van der Waals surface area contributed by atoms with Gasteiger partial charge in [-0.3, -0.25) is 0 Å². The molecule has 5 heteroatoms. The van der Waals surface area contributed by atoms with Crippen molar-refractivity contribution in [1.82, 2.24) is 0 Å². The molecule has 0 amide bonds. The third-order valence-electron chi connectivity index (χ3n) is 2.95. The Bertz CT molecular complexity index is 380. The summed E-state index contributed by atoms with van der Waals surface area (Å²) in [5, 5.41) is 0. The number of hydrogen-bond acceptors (Lipinski definition) is 3. The normalized spacial score (nSPS) is 10.8. The number of alkyl halides is 1. The summed E-state index contributed by atoms with van der Waals surface area (Å²) in [7, 11) is 0. The molecule has 0 saturated heterocycles. The third kappa shape index (κ3) is 6.00. The maximum Gasteiger partial charge on any atom is 0.0641 e. The summed E-state index contributed by atoms with van der Waals surface area (Å²) in [6, 6.07) is 6.20. The number of benzene rings is 1. The molecular weight excluding hydrogens is 342 g/mol. The first-order valence-electron chi connectivity index (χ1n) is 6.97. The molecule has 0 heterocycles. The average molecular weight is 365 g/mol. The van der Waals surface area contributed by atoms with Crippen molar-refractivity contribution >= 4 is 33.2 Å². The van der Waals surface area contributed by atoms with E-state index in [0.29, 0.717) is 19.1 Å². The Kier molecular flexibility index (Phi) is 9.27. The molecule has 0 radical (unpaired) electrons. The molecule has 20 heavy (non-hydrogen) atoms. The molecule has 114 valence electrons. The van der Waals surface area contributed by atoms with Gasteiger partial charge in [-0.15, -0.1) is 11.6 Å². The summed E-state index contributed by atoms with van der Waals surface area (Å²) in [6.45, 7) is 8.59. The topological polar surface area (TPSA) is 21.7 Å². The first-order chi connectivity index (χ1) is 9.72. The highest BCUT2D eigenvalue weighted by Gasteiger charge is 2.11. The van der Waals surface area contributed by atoms with Crippen LogP contribution in [0.4, 0.5) is 5.69 Å². The van der Waals surface area contributed by atoms with Crippen molar-refractivity contribution in [3.05, 3.63) is 28.2 Å². The van der Waals surface area contributed by atoms with Gasteiger partial charge < -0.3 is 14.4 Å². The Balaban J connectivity index is 2.78. The van der Waals surface area contributed by atoms with E-state index in [-0.39, 0.29) is 0 Å². The average Bonchev–Trinajstić information content (AvgIpc) is 2.46. The Labute approximate surface area is 135 Å². The largest absolute Gasteiger partial charge is 0.380 e. The molecule has 0 aromatic heterocycles. The Morgan fingerprint density at radius 3 is 2.20 bits per heavy atom. The van der Waals surface area contributed by atoms with E-state index in [1.54, 1.807) is 0 Å². The van der Waals surface area contributed by atoms with Crippen molar-refractivity contribution in [3.63, 3.8) is 0 Å². The molecule has 1 aromatic carbocycles. The van der Waals surface area contributed by atoms with Gasteiger partial charge in [0, 0.05) is 42.3 Å². The molecule has 0 aliphatic carbocycles. The van der Waals surface area contributed by atoms with Gasteiger partial charge in [0.05, 0.1) is 13.2 Å². The fraction of sp³-hybridized carbons (Fsp3) is 0.600. The summed E-state index contributed by atoms with van der Waals surface area (Å²) in [4.78, 5) is 2.27. The lowest BCUT2D eigenvalue weighted by Gasteiger charge is -2.27. The van der Waals surface area contributed by atoms with Crippen LogP contribution in [0.1, 0.15) is 19.4 Å². The molecule has 0 aliphatic heterocycles. The highest BCUT2D eigenvalue weighted by atomic mass is 79.9. The minimum Gasteiger partial charge on any atom is -0.380 e. The zero-order valence-corrected chi connectivity index (χ0v) is 14.5. The van der Waals surface area contributed by atoms with E-state index in [1.807, 2.05) is 19.9 Å². The predicted molar refractivity (Wildman–Crippen MR) is 88.9 cm³/mol. The molecule has 1 aromatic rings. The van der Waals surface area contributed by atoms with Gasteiger partial charge in [0.25, 0.3) is 0 Å². The van der Waals surface area contributed by atoms with E-state index in [9.17, 15) is 0 Å². The van der Waals surface area contributed by atoms with E-state index in [0.717, 1.165) is 42.0 Å². The van der Waals surface area contributed by atoms with Crippen molar-refractivity contribution in [3.8, 4) is 0 Å². The van der Waals surface area contributed by atoms with Crippen molar-refractivity contribution < 1.29 is 9.47 Å². The van der Waals surface area contributed by atoms with Crippen LogP contribution in [0.5, 0.6) is 0 Å². The van der Waals surface area contributed by atoms with E-state index in [1.165, 1.54) is 0 Å². The molecule has 0 aliphatic rings. The lowest BCUT2D eigenvalue weighted by Crippen LogP contribution is -2.31. The van der Waals surface area contributed by atoms with Crippen LogP contribution < -0.4 is 4.90 Å². The van der Waals surface area contributed by atoms with Crippen molar-refractivity contribution in [2.24, 2.45) is 0 Å². The highest BCUT2D eigenvalue weighted by Crippen LogP contribution is 2.26. The van der Waals surface area contributed by atoms with Crippen LogP contribution in [0, 0.1) is 0 Å². The van der Waals surface area contributed by atoms with E-state index in [2.05, 4.69) is 33.0 Å². The van der Waals surface area contributed by atoms with Gasteiger partial charge in [0.15, 0.2) is 0 Å². The monoisotopic (exact) mass is 363 g/mol. The van der Waals surface area contributed by atoms with Gasteiger partial charge in [-0.1, -0.05) is 15.9 Å². The fourth-order valence-electron chi connectivity index (χ4n) is 1.96. The van der Waals surface area contributed by atoms with Crippen LogP contribution in [-0.2, 0) is 15.4 Å². The molecular formula is C15H23BrClNO2. The maximum absolute atomic E-state index is 6.06. The number of nitrogens with zero attached hydrogens (tertiary/aromatic N) is 1. The first kappa shape index (κ1) is 17.8. The van der Waals surface area contributed by atoms with Crippen LogP contribution in [0.25, 0.3) is 0 Å². The third-order valence-corrected chi connectivity index (χ3v) is 3.73. The minimum atomic E-state index is 0.495. The van der Waals surface area contributed by atoms with Crippen LogP contribution >= 0.6 is 27.5 Å². The van der Waals surface area contributed by atoms with Crippen LogP contribution in [-0.4, -0.2) is 39.5 Å². The zero-order chi connectivity index (χ0) is 14.8.